The molecule has 1 aromatic carbocycles. The fourth-order valence-electron chi connectivity index (χ4n) is 2.58. The smallest absolute Gasteiger partial charge is 0.235 e. The van der Waals surface area contributed by atoms with E-state index >= 15 is 0 Å². The predicted octanol–water partition coefficient (Wildman–Crippen LogP) is 0.549. The quantitative estimate of drug-likeness (QED) is 0.799. The number of likely N-dealkylation sites (N-methyl/N-ethyl adjacent to an activating group) is 1. The van der Waals surface area contributed by atoms with Crippen molar-refractivity contribution in [1.82, 2.24) is 10.2 Å². The zero-order chi connectivity index (χ0) is 13.0. The van der Waals surface area contributed by atoms with E-state index in [1.807, 2.05) is 6.07 Å². The molecule has 0 aromatic heterocycles. The summed E-state index contributed by atoms with van der Waals surface area (Å²) in [6.07, 6.45) is 1.15. The van der Waals surface area contributed by atoms with Crippen molar-refractivity contribution in [2.75, 3.05) is 26.7 Å². The third-order valence-electron chi connectivity index (χ3n) is 3.68. The van der Waals surface area contributed by atoms with Gasteiger partial charge in [-0.3, -0.25) is 4.79 Å². The zero-order valence-electron chi connectivity index (χ0n) is 10.8. The Morgan fingerprint density at radius 2 is 2.22 bits per heavy atom. The van der Waals surface area contributed by atoms with Gasteiger partial charge < -0.3 is 16.0 Å². The van der Waals surface area contributed by atoms with Crippen molar-refractivity contribution in [3.05, 3.63) is 35.9 Å². The van der Waals surface area contributed by atoms with E-state index in [4.69, 9.17) is 5.73 Å². The molecule has 2 rings (SSSR count). The highest BCUT2D eigenvalue weighted by molar-refractivity contribution is 5.80. The van der Waals surface area contributed by atoms with Crippen LogP contribution >= 0.6 is 0 Å². The second-order valence-electron chi connectivity index (χ2n) is 4.90. The van der Waals surface area contributed by atoms with Crippen molar-refractivity contribution in [3.63, 3.8) is 0 Å². The lowest BCUT2D eigenvalue weighted by Crippen LogP contribution is -2.47. The molecule has 3 N–H and O–H groups in total. The lowest BCUT2D eigenvalue weighted by Gasteiger charge is -2.21. The Kier molecular flexibility index (Phi) is 4.33. The van der Waals surface area contributed by atoms with E-state index < -0.39 is 0 Å². The van der Waals surface area contributed by atoms with Crippen LogP contribution in [0.15, 0.2) is 30.3 Å². The first-order chi connectivity index (χ1) is 8.70. The number of carbonyl (C=O) groups excluding carboxylic acids is 1. The first kappa shape index (κ1) is 13.1. The Hall–Kier alpha value is -1.39. The third-order valence-corrected chi connectivity index (χ3v) is 3.68. The molecule has 1 aliphatic rings. The Bertz CT molecular complexity index is 393. The van der Waals surface area contributed by atoms with Crippen LogP contribution in [-0.2, 0) is 4.79 Å². The van der Waals surface area contributed by atoms with Gasteiger partial charge in [0, 0.05) is 13.1 Å². The molecule has 1 saturated heterocycles. The van der Waals surface area contributed by atoms with Crippen molar-refractivity contribution in [1.29, 1.82) is 0 Å². The van der Waals surface area contributed by atoms with E-state index in [1.165, 1.54) is 5.56 Å². The second kappa shape index (κ2) is 5.98. The molecule has 1 aliphatic heterocycles. The van der Waals surface area contributed by atoms with Crippen LogP contribution in [0.25, 0.3) is 0 Å². The molecular formula is C14H21N3O. The minimum atomic E-state index is -0.277. The predicted molar refractivity (Wildman–Crippen MR) is 72.3 cm³/mol. The van der Waals surface area contributed by atoms with E-state index in [0.717, 1.165) is 19.5 Å². The van der Waals surface area contributed by atoms with Gasteiger partial charge in [-0.1, -0.05) is 30.3 Å². The molecule has 1 fully saturated rings. The molecule has 1 aromatic rings. The number of primary amides is 1. The van der Waals surface area contributed by atoms with Crippen LogP contribution in [0, 0.1) is 0 Å². The van der Waals surface area contributed by atoms with Crippen LogP contribution < -0.4 is 11.1 Å². The normalized spacial score (nSPS) is 21.9. The van der Waals surface area contributed by atoms with Gasteiger partial charge in [0.25, 0.3) is 0 Å². The standard InChI is InChI=1S/C14H21N3O/c1-16-13(14(15)18)10-17-8-7-12(9-17)11-5-3-2-4-6-11/h2-6,12-13,16H,7-10H2,1H3,(H2,15,18). The molecular weight excluding hydrogens is 226 g/mol. The van der Waals surface area contributed by atoms with Gasteiger partial charge in [0.2, 0.25) is 5.91 Å². The summed E-state index contributed by atoms with van der Waals surface area (Å²) in [5.74, 6) is 0.303. The number of benzene rings is 1. The number of likely N-dealkylation sites (tertiary alicyclic amines) is 1. The van der Waals surface area contributed by atoms with Gasteiger partial charge >= 0.3 is 0 Å². The highest BCUT2D eigenvalue weighted by Crippen LogP contribution is 2.26. The number of carbonyl (C=O) groups is 1. The summed E-state index contributed by atoms with van der Waals surface area (Å²) >= 11 is 0. The minimum absolute atomic E-state index is 0.250. The summed E-state index contributed by atoms with van der Waals surface area (Å²) in [5, 5.41) is 2.97. The molecule has 4 heteroatoms. The van der Waals surface area contributed by atoms with E-state index in [-0.39, 0.29) is 11.9 Å². The fourth-order valence-corrected chi connectivity index (χ4v) is 2.58. The molecule has 0 radical (unpaired) electrons. The number of nitrogens with two attached hydrogens (primary N) is 1. The fraction of sp³-hybridized carbons (Fsp3) is 0.500. The van der Waals surface area contributed by atoms with Crippen LogP contribution in [0.1, 0.15) is 17.9 Å². The monoisotopic (exact) mass is 247 g/mol. The molecule has 0 aliphatic carbocycles. The van der Waals surface area contributed by atoms with Gasteiger partial charge in [-0.25, -0.2) is 0 Å². The summed E-state index contributed by atoms with van der Waals surface area (Å²) in [6.45, 7) is 2.75. The van der Waals surface area contributed by atoms with E-state index in [9.17, 15) is 4.79 Å². The Labute approximate surface area is 108 Å². The maximum absolute atomic E-state index is 11.2. The summed E-state index contributed by atoms with van der Waals surface area (Å²) in [6, 6.07) is 10.3. The molecule has 0 bridgehead atoms. The highest BCUT2D eigenvalue weighted by Gasteiger charge is 2.26. The average Bonchev–Trinajstić information content (AvgIpc) is 2.85. The maximum Gasteiger partial charge on any atom is 0.235 e. The van der Waals surface area contributed by atoms with Gasteiger partial charge in [-0.05, 0) is 31.5 Å². The molecule has 98 valence electrons. The van der Waals surface area contributed by atoms with Gasteiger partial charge in [0.15, 0.2) is 0 Å². The molecule has 18 heavy (non-hydrogen) atoms. The van der Waals surface area contributed by atoms with Crippen LogP contribution in [-0.4, -0.2) is 43.5 Å². The van der Waals surface area contributed by atoms with Crippen molar-refractivity contribution >= 4 is 5.91 Å². The molecule has 0 saturated carbocycles. The van der Waals surface area contributed by atoms with E-state index in [0.29, 0.717) is 12.5 Å². The molecule has 4 nitrogen and oxygen atoms in total. The highest BCUT2D eigenvalue weighted by atomic mass is 16.1. The maximum atomic E-state index is 11.2. The first-order valence-corrected chi connectivity index (χ1v) is 6.44. The van der Waals surface area contributed by atoms with Gasteiger partial charge in [-0.2, -0.15) is 0 Å². The lowest BCUT2D eigenvalue weighted by atomic mass is 9.99. The largest absolute Gasteiger partial charge is 0.368 e. The van der Waals surface area contributed by atoms with Gasteiger partial charge in [0.05, 0.1) is 6.04 Å². The van der Waals surface area contributed by atoms with Crippen molar-refractivity contribution < 1.29 is 4.79 Å². The summed E-state index contributed by atoms with van der Waals surface area (Å²) in [7, 11) is 1.78. The second-order valence-corrected chi connectivity index (χ2v) is 4.90. The number of rotatable bonds is 5. The summed E-state index contributed by atoms with van der Waals surface area (Å²) in [4.78, 5) is 13.5. The third kappa shape index (κ3) is 3.09. The van der Waals surface area contributed by atoms with E-state index in [2.05, 4.69) is 34.5 Å². The zero-order valence-corrected chi connectivity index (χ0v) is 10.8. The summed E-state index contributed by atoms with van der Waals surface area (Å²) in [5.41, 5.74) is 6.73. The first-order valence-electron chi connectivity index (χ1n) is 6.44. The molecule has 2 unspecified atom stereocenters. The molecule has 1 heterocycles. The average molecular weight is 247 g/mol. The van der Waals surface area contributed by atoms with Crippen molar-refractivity contribution in [2.24, 2.45) is 5.73 Å². The van der Waals surface area contributed by atoms with Gasteiger partial charge in [-0.15, -0.1) is 0 Å². The van der Waals surface area contributed by atoms with Crippen LogP contribution in [0.4, 0.5) is 0 Å². The van der Waals surface area contributed by atoms with Crippen molar-refractivity contribution in [2.45, 2.75) is 18.4 Å². The van der Waals surface area contributed by atoms with E-state index in [1.54, 1.807) is 7.05 Å². The van der Waals surface area contributed by atoms with Crippen molar-refractivity contribution in [3.8, 4) is 0 Å². The molecule has 1 amide bonds. The number of hydrogen-bond acceptors (Lipinski definition) is 3. The Balaban J connectivity index is 1.91. The number of amides is 1. The SMILES string of the molecule is CNC(CN1CCC(c2ccccc2)C1)C(N)=O. The summed E-state index contributed by atoms with van der Waals surface area (Å²) < 4.78 is 0. The number of nitrogens with one attached hydrogen (secondary N) is 1. The minimum Gasteiger partial charge on any atom is -0.368 e. The van der Waals surface area contributed by atoms with Crippen LogP contribution in [0.3, 0.4) is 0 Å². The topological polar surface area (TPSA) is 58.4 Å². The number of nitrogens with zero attached hydrogens (tertiary/aromatic N) is 1. The van der Waals surface area contributed by atoms with Gasteiger partial charge in [0.1, 0.15) is 0 Å². The number of hydrogen-bond donors (Lipinski definition) is 2. The Morgan fingerprint density at radius 1 is 1.50 bits per heavy atom. The molecule has 0 spiro atoms. The van der Waals surface area contributed by atoms with Crippen LogP contribution in [0.5, 0.6) is 0 Å². The molecule has 2 atom stereocenters. The Morgan fingerprint density at radius 3 is 2.83 bits per heavy atom. The lowest BCUT2D eigenvalue weighted by molar-refractivity contribution is -0.120. The van der Waals surface area contributed by atoms with Crippen LogP contribution in [0.2, 0.25) is 0 Å².